The predicted octanol–water partition coefficient (Wildman–Crippen LogP) is 4.07. The van der Waals surface area contributed by atoms with Gasteiger partial charge in [0, 0.05) is 23.9 Å². The molecule has 0 saturated heterocycles. The lowest BCUT2D eigenvalue weighted by Gasteiger charge is -2.22. The van der Waals surface area contributed by atoms with Crippen molar-refractivity contribution in [1.82, 2.24) is 9.97 Å². The van der Waals surface area contributed by atoms with Gasteiger partial charge >= 0.3 is 0 Å². The van der Waals surface area contributed by atoms with Crippen molar-refractivity contribution < 1.29 is 13.2 Å². The second-order valence-corrected chi connectivity index (χ2v) is 8.41. The lowest BCUT2D eigenvalue weighted by molar-refractivity contribution is 0.416. The Morgan fingerprint density at radius 3 is 2.59 bits per heavy atom. The summed E-state index contributed by atoms with van der Waals surface area (Å²) in [6.45, 7) is 2.37. The first-order valence-electron chi connectivity index (χ1n) is 9.22. The van der Waals surface area contributed by atoms with E-state index in [1.807, 2.05) is 49.4 Å². The Balaban J connectivity index is 1.90. The molecule has 0 radical (unpaired) electrons. The summed E-state index contributed by atoms with van der Waals surface area (Å²) in [5.41, 5.74) is 2.93. The topological polar surface area (TPSA) is 84.4 Å². The van der Waals surface area contributed by atoms with E-state index in [4.69, 9.17) is 4.74 Å². The summed E-state index contributed by atoms with van der Waals surface area (Å²) in [6.07, 6.45) is 3.42. The molecule has 0 amide bonds. The van der Waals surface area contributed by atoms with Crippen LogP contribution in [-0.4, -0.2) is 38.3 Å². The molecule has 29 heavy (non-hydrogen) atoms. The molecule has 1 aromatic heterocycles. The standard InChI is InChI=1S/C21H24N4O3S/c1-4-12-25(29(3,26)27)17-9-7-8-16(13-17)24-21-14-19(22-15-23-21)18-10-5-6-11-20(18)28-2/h5-11,13-15H,4,12H2,1-3H3,(H,22,23,24). The fraction of sp³-hybridized carbons (Fsp3) is 0.238. The molecular formula is C21H24N4O3S. The average molecular weight is 413 g/mol. The summed E-state index contributed by atoms with van der Waals surface area (Å²) < 4.78 is 31.1. The molecule has 3 rings (SSSR count). The molecule has 3 aromatic rings. The monoisotopic (exact) mass is 412 g/mol. The van der Waals surface area contributed by atoms with Crippen LogP contribution in [0.3, 0.4) is 0 Å². The van der Waals surface area contributed by atoms with E-state index >= 15 is 0 Å². The van der Waals surface area contributed by atoms with Gasteiger partial charge in [0.15, 0.2) is 0 Å². The van der Waals surface area contributed by atoms with Crippen LogP contribution in [0.15, 0.2) is 60.9 Å². The maximum absolute atomic E-state index is 12.1. The molecule has 1 heterocycles. The quantitative estimate of drug-likeness (QED) is 0.600. The minimum atomic E-state index is -3.35. The normalized spacial score (nSPS) is 11.1. The number of benzene rings is 2. The number of ether oxygens (including phenoxy) is 1. The Kier molecular flexibility index (Phi) is 6.33. The Bertz CT molecular complexity index is 1090. The van der Waals surface area contributed by atoms with E-state index in [2.05, 4.69) is 15.3 Å². The van der Waals surface area contributed by atoms with Gasteiger partial charge in [0.2, 0.25) is 10.0 Å². The zero-order valence-electron chi connectivity index (χ0n) is 16.7. The highest BCUT2D eigenvalue weighted by Crippen LogP contribution is 2.30. The maximum Gasteiger partial charge on any atom is 0.232 e. The zero-order valence-corrected chi connectivity index (χ0v) is 17.5. The van der Waals surface area contributed by atoms with Gasteiger partial charge in [-0.1, -0.05) is 25.1 Å². The van der Waals surface area contributed by atoms with Crippen molar-refractivity contribution in [3.05, 3.63) is 60.9 Å². The smallest absolute Gasteiger partial charge is 0.232 e. The van der Waals surface area contributed by atoms with Crippen molar-refractivity contribution in [3.63, 3.8) is 0 Å². The molecule has 0 aliphatic carbocycles. The summed E-state index contributed by atoms with van der Waals surface area (Å²) in [7, 11) is -1.73. The predicted molar refractivity (Wildman–Crippen MR) is 116 cm³/mol. The van der Waals surface area contributed by atoms with Crippen LogP contribution in [0.4, 0.5) is 17.2 Å². The largest absolute Gasteiger partial charge is 0.496 e. The van der Waals surface area contributed by atoms with Crippen molar-refractivity contribution >= 4 is 27.2 Å². The summed E-state index contributed by atoms with van der Waals surface area (Å²) in [6, 6.07) is 16.7. The number of methoxy groups -OCH3 is 1. The van der Waals surface area contributed by atoms with Crippen molar-refractivity contribution in [3.8, 4) is 17.0 Å². The van der Waals surface area contributed by atoms with E-state index in [0.717, 1.165) is 29.1 Å². The summed E-state index contributed by atoms with van der Waals surface area (Å²) >= 11 is 0. The maximum atomic E-state index is 12.1. The molecule has 0 fully saturated rings. The minimum absolute atomic E-state index is 0.424. The number of hydrogen-bond acceptors (Lipinski definition) is 6. The SMILES string of the molecule is CCCN(c1cccc(Nc2cc(-c3ccccc3OC)ncn2)c1)S(C)(=O)=O. The van der Waals surface area contributed by atoms with Gasteiger partial charge in [0.1, 0.15) is 17.9 Å². The molecule has 0 aliphatic heterocycles. The molecule has 1 N–H and O–H groups in total. The molecular weight excluding hydrogens is 388 g/mol. The Labute approximate surface area is 171 Å². The van der Waals surface area contributed by atoms with Crippen LogP contribution < -0.4 is 14.4 Å². The lowest BCUT2D eigenvalue weighted by atomic mass is 10.1. The molecule has 152 valence electrons. The van der Waals surface area contributed by atoms with Crippen LogP contribution in [0.25, 0.3) is 11.3 Å². The number of hydrogen-bond donors (Lipinski definition) is 1. The number of sulfonamides is 1. The third kappa shape index (κ3) is 5.03. The van der Waals surface area contributed by atoms with Crippen LogP contribution in [0.1, 0.15) is 13.3 Å². The Hall–Kier alpha value is -3.13. The summed E-state index contributed by atoms with van der Waals surface area (Å²) in [5.74, 6) is 1.32. The second-order valence-electron chi connectivity index (χ2n) is 6.50. The van der Waals surface area contributed by atoms with Gasteiger partial charge < -0.3 is 10.1 Å². The van der Waals surface area contributed by atoms with E-state index in [-0.39, 0.29) is 0 Å². The first-order chi connectivity index (χ1) is 13.9. The van der Waals surface area contributed by atoms with Crippen molar-refractivity contribution in [2.24, 2.45) is 0 Å². The number of para-hydroxylation sites is 1. The number of rotatable bonds is 8. The van der Waals surface area contributed by atoms with E-state index in [1.165, 1.54) is 16.9 Å². The Morgan fingerprint density at radius 1 is 1.07 bits per heavy atom. The molecule has 0 spiro atoms. The molecule has 0 saturated carbocycles. The summed E-state index contributed by atoms with van der Waals surface area (Å²) in [5, 5.41) is 3.23. The first kappa shape index (κ1) is 20.6. The van der Waals surface area contributed by atoms with Gasteiger partial charge in [-0.05, 0) is 36.8 Å². The zero-order chi connectivity index (χ0) is 20.9. The molecule has 0 bridgehead atoms. The minimum Gasteiger partial charge on any atom is -0.496 e. The van der Waals surface area contributed by atoms with E-state index in [9.17, 15) is 8.42 Å². The molecule has 2 aromatic carbocycles. The summed E-state index contributed by atoms with van der Waals surface area (Å²) in [4.78, 5) is 8.62. The number of aromatic nitrogens is 2. The highest BCUT2D eigenvalue weighted by Gasteiger charge is 2.16. The number of anilines is 3. The molecule has 8 heteroatoms. The van der Waals surface area contributed by atoms with E-state index < -0.39 is 10.0 Å². The van der Waals surface area contributed by atoms with Gasteiger partial charge in [-0.25, -0.2) is 18.4 Å². The van der Waals surface area contributed by atoms with Gasteiger partial charge in [0.25, 0.3) is 0 Å². The van der Waals surface area contributed by atoms with Crippen molar-refractivity contribution in [1.29, 1.82) is 0 Å². The van der Waals surface area contributed by atoms with Crippen LogP contribution >= 0.6 is 0 Å². The van der Waals surface area contributed by atoms with Crippen LogP contribution in [0.2, 0.25) is 0 Å². The van der Waals surface area contributed by atoms with Crippen molar-refractivity contribution in [2.75, 3.05) is 29.5 Å². The molecule has 0 unspecified atom stereocenters. The highest BCUT2D eigenvalue weighted by molar-refractivity contribution is 7.92. The fourth-order valence-corrected chi connectivity index (χ4v) is 4.02. The van der Waals surface area contributed by atoms with Gasteiger partial charge in [-0.2, -0.15) is 0 Å². The molecule has 7 nitrogen and oxygen atoms in total. The number of nitrogens with zero attached hydrogens (tertiary/aromatic N) is 3. The van der Waals surface area contributed by atoms with Gasteiger partial charge in [-0.3, -0.25) is 4.31 Å². The average Bonchev–Trinajstić information content (AvgIpc) is 2.71. The van der Waals surface area contributed by atoms with Gasteiger partial charge in [-0.15, -0.1) is 0 Å². The second kappa shape index (κ2) is 8.91. The fourth-order valence-electron chi connectivity index (χ4n) is 3.01. The third-order valence-electron chi connectivity index (χ3n) is 4.28. The lowest BCUT2D eigenvalue weighted by Crippen LogP contribution is -2.30. The first-order valence-corrected chi connectivity index (χ1v) is 11.1. The Morgan fingerprint density at radius 2 is 1.86 bits per heavy atom. The molecule has 0 aliphatic rings. The third-order valence-corrected chi connectivity index (χ3v) is 5.48. The van der Waals surface area contributed by atoms with Crippen LogP contribution in [-0.2, 0) is 10.0 Å². The van der Waals surface area contributed by atoms with Crippen molar-refractivity contribution in [2.45, 2.75) is 13.3 Å². The highest BCUT2D eigenvalue weighted by atomic mass is 32.2. The van der Waals surface area contributed by atoms with Gasteiger partial charge in [0.05, 0.1) is 24.7 Å². The van der Waals surface area contributed by atoms with E-state index in [1.54, 1.807) is 19.2 Å². The molecule has 0 atom stereocenters. The van der Waals surface area contributed by atoms with Crippen LogP contribution in [0, 0.1) is 0 Å². The number of nitrogens with one attached hydrogen (secondary N) is 1. The van der Waals surface area contributed by atoms with Crippen LogP contribution in [0.5, 0.6) is 5.75 Å². The van der Waals surface area contributed by atoms with E-state index in [0.29, 0.717) is 18.1 Å².